The molecule has 1 atom stereocenters. The van der Waals surface area contributed by atoms with Crippen LogP contribution in [0.2, 0.25) is 0 Å². The summed E-state index contributed by atoms with van der Waals surface area (Å²) in [7, 11) is 0. The first-order chi connectivity index (χ1) is 25.6. The summed E-state index contributed by atoms with van der Waals surface area (Å²) in [6.07, 6.45) is 5.36. The lowest BCUT2D eigenvalue weighted by Gasteiger charge is -2.47. The Hall–Kier alpha value is -5.34. The van der Waals surface area contributed by atoms with E-state index in [0.717, 1.165) is 19.3 Å². The van der Waals surface area contributed by atoms with Crippen molar-refractivity contribution in [2.45, 2.75) is 87.1 Å². The van der Waals surface area contributed by atoms with Gasteiger partial charge in [0, 0.05) is 16.8 Å². The molecule has 0 aromatic heterocycles. The van der Waals surface area contributed by atoms with Crippen molar-refractivity contribution in [2.24, 2.45) is 0 Å². The maximum absolute atomic E-state index is 2.72. The van der Waals surface area contributed by atoms with Crippen molar-refractivity contribution >= 4 is 56.1 Å². The number of hydrogen-bond acceptors (Lipinski definition) is 2. The predicted octanol–water partition coefficient (Wildman–Crippen LogP) is 13.4. The Balaban J connectivity index is 1.46. The molecule has 53 heavy (non-hydrogen) atoms. The smallest absolute Gasteiger partial charge is 0.0715 e. The van der Waals surface area contributed by atoms with Crippen molar-refractivity contribution < 1.29 is 0 Å². The summed E-state index contributed by atoms with van der Waals surface area (Å²) in [6.45, 7) is 20.7. The van der Waals surface area contributed by atoms with Crippen molar-refractivity contribution in [2.75, 3.05) is 9.80 Å². The average molecular weight is 693 g/mol. The van der Waals surface area contributed by atoms with Crippen LogP contribution >= 0.6 is 0 Å². The van der Waals surface area contributed by atoms with E-state index in [1.165, 1.54) is 105 Å². The van der Waals surface area contributed by atoms with Crippen LogP contribution in [0.1, 0.15) is 77.3 Å². The third-order valence-corrected chi connectivity index (χ3v) is 12.1. The number of nitrogens with zero attached hydrogens (tertiary/aromatic N) is 2. The highest BCUT2D eigenvalue weighted by molar-refractivity contribution is 6.17. The molecule has 1 unspecified atom stereocenters. The topological polar surface area (TPSA) is 6.48 Å². The molecule has 8 rings (SSSR count). The minimum Gasteiger partial charge on any atom is -0.330 e. The fraction of sp³-hybridized carbons (Fsp3) is 0.255. The summed E-state index contributed by atoms with van der Waals surface area (Å²) in [5.41, 5.74) is 18.0. The summed E-state index contributed by atoms with van der Waals surface area (Å²) in [6, 6.07) is 41.4. The van der Waals surface area contributed by atoms with Gasteiger partial charge in [-0.15, -0.1) is 0 Å². The highest BCUT2D eigenvalue weighted by atomic mass is 15.2. The zero-order valence-electron chi connectivity index (χ0n) is 33.0. The van der Waals surface area contributed by atoms with Gasteiger partial charge in [-0.3, -0.25) is 0 Å². The van der Waals surface area contributed by atoms with Crippen LogP contribution in [0.15, 0.2) is 109 Å². The van der Waals surface area contributed by atoms with Crippen molar-refractivity contribution in [3.63, 3.8) is 0 Å². The number of anilines is 5. The van der Waals surface area contributed by atoms with Crippen LogP contribution in [-0.2, 0) is 18.4 Å². The molecule has 2 heteroatoms. The van der Waals surface area contributed by atoms with Crippen molar-refractivity contribution in [1.82, 2.24) is 0 Å². The van der Waals surface area contributed by atoms with Crippen LogP contribution in [0, 0.1) is 41.5 Å². The molecule has 7 aromatic rings. The molecule has 0 amide bonds. The molecule has 1 aliphatic rings. The fourth-order valence-electron chi connectivity index (χ4n) is 9.53. The second kappa shape index (κ2) is 13.3. The van der Waals surface area contributed by atoms with Gasteiger partial charge >= 0.3 is 0 Å². The second-order valence-corrected chi connectivity index (χ2v) is 15.6. The van der Waals surface area contributed by atoms with Crippen molar-refractivity contribution in [3.05, 3.63) is 164 Å². The van der Waals surface area contributed by atoms with Crippen molar-refractivity contribution in [3.8, 4) is 0 Å². The molecule has 0 bridgehead atoms. The van der Waals surface area contributed by atoms with Crippen LogP contribution in [0.4, 0.5) is 28.4 Å². The van der Waals surface area contributed by atoms with Crippen LogP contribution < -0.4 is 15.0 Å². The third kappa shape index (κ3) is 5.37. The zero-order valence-corrected chi connectivity index (χ0v) is 33.0. The molecule has 0 saturated carbocycles. The molecular weight excluding hydrogens is 641 g/mol. The summed E-state index contributed by atoms with van der Waals surface area (Å²) in [5.74, 6) is 0. The van der Waals surface area contributed by atoms with Gasteiger partial charge in [-0.2, -0.15) is 0 Å². The predicted molar refractivity (Wildman–Crippen MR) is 230 cm³/mol. The first-order valence-corrected chi connectivity index (χ1v) is 19.5. The fourth-order valence-corrected chi connectivity index (χ4v) is 9.53. The summed E-state index contributed by atoms with van der Waals surface area (Å²) >= 11 is 0. The molecule has 0 fully saturated rings. The Bertz CT molecular complexity index is 2570. The van der Waals surface area contributed by atoms with E-state index < -0.39 is 0 Å². The van der Waals surface area contributed by atoms with E-state index in [1.54, 1.807) is 0 Å². The quantitative estimate of drug-likeness (QED) is 0.156. The number of benzene rings is 7. The molecule has 1 aliphatic carbocycles. The third-order valence-electron chi connectivity index (χ3n) is 12.1. The lowest BCUT2D eigenvalue weighted by atomic mass is 9.76. The van der Waals surface area contributed by atoms with Gasteiger partial charge in [0.15, 0.2) is 0 Å². The molecule has 7 aromatic carbocycles. The number of hydrogen-bond donors (Lipinski definition) is 0. The molecule has 0 N–H and O–H groups in total. The Morgan fingerprint density at radius 2 is 1.02 bits per heavy atom. The Kier molecular flexibility index (Phi) is 8.69. The van der Waals surface area contributed by atoms with E-state index in [9.17, 15) is 0 Å². The molecule has 0 spiro atoms. The molecule has 2 nitrogen and oxygen atoms in total. The maximum Gasteiger partial charge on any atom is 0.0715 e. The summed E-state index contributed by atoms with van der Waals surface area (Å²) in [5, 5.41) is 6.63. The summed E-state index contributed by atoms with van der Waals surface area (Å²) in [4.78, 5) is 5.31. The van der Waals surface area contributed by atoms with Gasteiger partial charge in [-0.05, 0) is 145 Å². The average Bonchev–Trinajstić information content (AvgIpc) is 3.15. The van der Waals surface area contributed by atoms with E-state index >= 15 is 0 Å². The second-order valence-electron chi connectivity index (χ2n) is 15.6. The molecule has 0 aliphatic heterocycles. The SMILES string of the molecule is CCc1cccc(C)c1N(c1c(C)cccc1C)c1ccc2ccc3c4c(ccc1c24)=CCC3(C)N(c1c(C)cccc1C)c1c(C)cccc1CC. The van der Waals surface area contributed by atoms with Gasteiger partial charge in [0.25, 0.3) is 0 Å². The largest absolute Gasteiger partial charge is 0.330 e. The van der Waals surface area contributed by atoms with E-state index in [2.05, 4.69) is 187 Å². The van der Waals surface area contributed by atoms with Gasteiger partial charge in [-0.25, -0.2) is 0 Å². The van der Waals surface area contributed by atoms with Gasteiger partial charge < -0.3 is 9.80 Å². The van der Waals surface area contributed by atoms with Gasteiger partial charge in [0.1, 0.15) is 0 Å². The van der Waals surface area contributed by atoms with Gasteiger partial charge in [0.2, 0.25) is 0 Å². The minimum atomic E-state index is -0.337. The number of aryl methyl sites for hydroxylation is 8. The molecule has 0 heterocycles. The van der Waals surface area contributed by atoms with E-state index in [0.29, 0.717) is 0 Å². The first-order valence-electron chi connectivity index (χ1n) is 19.5. The van der Waals surface area contributed by atoms with Crippen LogP contribution in [0.5, 0.6) is 0 Å². The van der Waals surface area contributed by atoms with Crippen molar-refractivity contribution in [1.29, 1.82) is 0 Å². The Morgan fingerprint density at radius 1 is 0.509 bits per heavy atom. The molecule has 0 saturated heterocycles. The Labute approximate surface area is 316 Å². The highest BCUT2D eigenvalue weighted by Crippen LogP contribution is 2.52. The number of rotatable bonds is 8. The Morgan fingerprint density at radius 3 is 1.62 bits per heavy atom. The normalized spacial score (nSPS) is 15.2. The minimum absolute atomic E-state index is 0.337. The van der Waals surface area contributed by atoms with E-state index in [1.807, 2.05) is 0 Å². The van der Waals surface area contributed by atoms with Crippen LogP contribution in [0.3, 0.4) is 0 Å². The van der Waals surface area contributed by atoms with Crippen LogP contribution in [-0.4, -0.2) is 0 Å². The molecule has 266 valence electrons. The zero-order chi connectivity index (χ0) is 37.2. The van der Waals surface area contributed by atoms with Gasteiger partial charge in [0.05, 0.1) is 22.6 Å². The summed E-state index contributed by atoms with van der Waals surface area (Å²) < 4.78 is 0. The monoisotopic (exact) mass is 692 g/mol. The van der Waals surface area contributed by atoms with E-state index in [4.69, 9.17) is 0 Å². The number of para-hydroxylation sites is 4. The standard InChI is InChI=1S/C51H52N2/c1-10-38-22-14-20-36(7)49(38)52(47-32(3)16-12-17-33(47)4)44-29-26-40-25-28-43-46-41(24-27-42(44)45(40)46)30-31-51(43,9)53(48-34(5)18-13-19-35(48)6)50-37(8)21-15-23-39(50)11-2/h12-30H,10-11,31H2,1-9H3. The molecular formula is C51H52N2. The van der Waals surface area contributed by atoms with E-state index in [-0.39, 0.29) is 5.54 Å². The lowest BCUT2D eigenvalue weighted by Crippen LogP contribution is -2.44. The van der Waals surface area contributed by atoms with Crippen LogP contribution in [0.25, 0.3) is 27.6 Å². The lowest BCUT2D eigenvalue weighted by molar-refractivity contribution is 0.496. The first kappa shape index (κ1) is 34.7. The maximum atomic E-state index is 2.72. The van der Waals surface area contributed by atoms with Gasteiger partial charge in [-0.1, -0.05) is 123 Å². The highest BCUT2D eigenvalue weighted by Gasteiger charge is 2.40. The molecule has 0 radical (unpaired) electrons.